The van der Waals surface area contributed by atoms with E-state index in [4.69, 9.17) is 9.47 Å². The average molecular weight is 354 g/mol. The first-order valence-corrected chi connectivity index (χ1v) is 8.41. The number of hydrogen-bond donors (Lipinski definition) is 1. The van der Waals surface area contributed by atoms with Crippen molar-refractivity contribution in [2.45, 2.75) is 19.4 Å². The van der Waals surface area contributed by atoms with Crippen LogP contribution in [-0.2, 0) is 4.79 Å². The van der Waals surface area contributed by atoms with Crippen molar-refractivity contribution in [3.8, 4) is 11.5 Å². The molecular formula is C20H22N2O4. The van der Waals surface area contributed by atoms with Crippen molar-refractivity contribution in [3.05, 3.63) is 53.6 Å². The zero-order valence-corrected chi connectivity index (χ0v) is 15.1. The first kappa shape index (κ1) is 17.8. The van der Waals surface area contributed by atoms with Crippen LogP contribution in [0.3, 0.4) is 0 Å². The molecule has 0 aliphatic carbocycles. The van der Waals surface area contributed by atoms with Gasteiger partial charge in [0.1, 0.15) is 0 Å². The molecule has 0 spiro atoms. The Morgan fingerprint density at radius 1 is 1.08 bits per heavy atom. The van der Waals surface area contributed by atoms with E-state index in [1.807, 2.05) is 25.1 Å². The molecule has 2 aromatic rings. The number of hydrogen-bond acceptors (Lipinski definition) is 4. The molecule has 0 aromatic heterocycles. The summed E-state index contributed by atoms with van der Waals surface area (Å²) >= 11 is 0. The molecule has 1 N–H and O–H groups in total. The van der Waals surface area contributed by atoms with Gasteiger partial charge in [-0.3, -0.25) is 9.59 Å². The van der Waals surface area contributed by atoms with Crippen molar-refractivity contribution in [2.24, 2.45) is 0 Å². The van der Waals surface area contributed by atoms with Crippen LogP contribution in [0.15, 0.2) is 42.5 Å². The van der Waals surface area contributed by atoms with Gasteiger partial charge in [-0.2, -0.15) is 0 Å². The summed E-state index contributed by atoms with van der Waals surface area (Å²) in [6, 6.07) is 12.5. The Morgan fingerprint density at radius 2 is 1.77 bits per heavy atom. The molecular weight excluding hydrogens is 332 g/mol. The first-order valence-electron chi connectivity index (χ1n) is 8.41. The molecule has 136 valence electrons. The fraction of sp³-hybridized carbons (Fsp3) is 0.300. The first-order chi connectivity index (χ1) is 12.5. The molecule has 1 atom stereocenters. The van der Waals surface area contributed by atoms with Gasteiger partial charge in [-0.15, -0.1) is 0 Å². The number of anilines is 1. The number of amides is 2. The number of ether oxygens (including phenoxy) is 2. The highest BCUT2D eigenvalue weighted by Gasteiger charge is 2.32. The lowest BCUT2D eigenvalue weighted by atomic mass is 10.1. The molecule has 2 aromatic carbocycles. The van der Waals surface area contributed by atoms with Crippen LogP contribution in [0.4, 0.5) is 5.69 Å². The molecule has 6 nitrogen and oxygen atoms in total. The average Bonchev–Trinajstić information content (AvgIpc) is 3.01. The second-order valence-electron chi connectivity index (χ2n) is 6.28. The van der Waals surface area contributed by atoms with Crippen LogP contribution in [0.25, 0.3) is 0 Å². The Bertz CT molecular complexity index is 817. The highest BCUT2D eigenvalue weighted by atomic mass is 16.5. The van der Waals surface area contributed by atoms with E-state index in [-0.39, 0.29) is 24.3 Å². The normalized spacial score (nSPS) is 16.5. The van der Waals surface area contributed by atoms with Crippen molar-refractivity contribution in [1.82, 2.24) is 5.32 Å². The predicted molar refractivity (Wildman–Crippen MR) is 98.9 cm³/mol. The number of rotatable bonds is 5. The quantitative estimate of drug-likeness (QED) is 0.896. The Hall–Kier alpha value is -3.02. The lowest BCUT2D eigenvalue weighted by molar-refractivity contribution is -0.117. The summed E-state index contributed by atoms with van der Waals surface area (Å²) in [6.45, 7) is 2.39. The standard InChI is InChI=1S/C20H22N2O4/c1-13-4-6-14(7-5-13)20(24)21-15-10-19(23)22(12-15)16-8-9-17(25-2)18(11-16)26-3/h4-9,11,15H,10,12H2,1-3H3,(H,21,24). The van der Waals surface area contributed by atoms with Crippen molar-refractivity contribution in [2.75, 3.05) is 25.7 Å². The Kier molecular flexibility index (Phi) is 5.11. The van der Waals surface area contributed by atoms with Gasteiger partial charge in [0.2, 0.25) is 5.91 Å². The molecule has 1 unspecified atom stereocenters. The van der Waals surface area contributed by atoms with Crippen LogP contribution >= 0.6 is 0 Å². The minimum absolute atomic E-state index is 0.0357. The number of carbonyl (C=O) groups excluding carboxylic acids is 2. The maximum Gasteiger partial charge on any atom is 0.251 e. The summed E-state index contributed by atoms with van der Waals surface area (Å²) in [5.74, 6) is 0.959. The van der Waals surface area contributed by atoms with Gasteiger partial charge in [-0.05, 0) is 31.2 Å². The summed E-state index contributed by atoms with van der Waals surface area (Å²) in [6.07, 6.45) is 0.270. The van der Waals surface area contributed by atoms with Crippen molar-refractivity contribution >= 4 is 17.5 Å². The van der Waals surface area contributed by atoms with Gasteiger partial charge in [0.15, 0.2) is 11.5 Å². The topological polar surface area (TPSA) is 67.9 Å². The third-order valence-electron chi connectivity index (χ3n) is 4.45. The molecule has 6 heteroatoms. The molecule has 1 aliphatic rings. The lowest BCUT2D eigenvalue weighted by Crippen LogP contribution is -2.37. The van der Waals surface area contributed by atoms with Gasteiger partial charge < -0.3 is 19.7 Å². The van der Waals surface area contributed by atoms with Gasteiger partial charge in [-0.25, -0.2) is 0 Å². The monoisotopic (exact) mass is 354 g/mol. The van der Waals surface area contributed by atoms with Crippen LogP contribution in [-0.4, -0.2) is 38.6 Å². The molecule has 1 heterocycles. The van der Waals surface area contributed by atoms with Gasteiger partial charge in [0.05, 0.1) is 20.3 Å². The van der Waals surface area contributed by atoms with E-state index in [9.17, 15) is 9.59 Å². The summed E-state index contributed by atoms with van der Waals surface area (Å²) in [4.78, 5) is 26.4. The molecule has 26 heavy (non-hydrogen) atoms. The van der Waals surface area contributed by atoms with Crippen LogP contribution in [0, 0.1) is 6.92 Å². The number of nitrogens with zero attached hydrogens (tertiary/aromatic N) is 1. The predicted octanol–water partition coefficient (Wildman–Crippen LogP) is 2.55. The number of aryl methyl sites for hydroxylation is 1. The number of benzene rings is 2. The van der Waals surface area contributed by atoms with Gasteiger partial charge in [0.25, 0.3) is 5.91 Å². The minimum Gasteiger partial charge on any atom is -0.493 e. The van der Waals surface area contributed by atoms with E-state index in [0.29, 0.717) is 23.6 Å². The van der Waals surface area contributed by atoms with Gasteiger partial charge in [-0.1, -0.05) is 17.7 Å². The number of methoxy groups -OCH3 is 2. The van der Waals surface area contributed by atoms with Crippen LogP contribution in [0.2, 0.25) is 0 Å². The minimum atomic E-state index is -0.232. The Morgan fingerprint density at radius 3 is 2.42 bits per heavy atom. The molecule has 0 saturated carbocycles. The molecule has 0 radical (unpaired) electrons. The van der Waals surface area contributed by atoms with Crippen molar-refractivity contribution in [3.63, 3.8) is 0 Å². The zero-order valence-electron chi connectivity index (χ0n) is 15.1. The van der Waals surface area contributed by atoms with Gasteiger partial charge in [0, 0.05) is 30.3 Å². The van der Waals surface area contributed by atoms with E-state index in [0.717, 1.165) is 11.3 Å². The third-order valence-corrected chi connectivity index (χ3v) is 4.45. The van der Waals surface area contributed by atoms with Crippen molar-refractivity contribution < 1.29 is 19.1 Å². The third kappa shape index (κ3) is 3.64. The molecule has 1 saturated heterocycles. The van der Waals surface area contributed by atoms with E-state index in [1.54, 1.807) is 43.4 Å². The van der Waals surface area contributed by atoms with E-state index in [1.165, 1.54) is 0 Å². The largest absolute Gasteiger partial charge is 0.493 e. The van der Waals surface area contributed by atoms with E-state index in [2.05, 4.69) is 5.32 Å². The Balaban J connectivity index is 1.70. The second-order valence-corrected chi connectivity index (χ2v) is 6.28. The summed E-state index contributed by atoms with van der Waals surface area (Å²) < 4.78 is 10.5. The Labute approximate surface area is 152 Å². The summed E-state index contributed by atoms with van der Waals surface area (Å²) in [5.41, 5.74) is 2.41. The fourth-order valence-electron chi connectivity index (χ4n) is 3.02. The molecule has 0 bridgehead atoms. The van der Waals surface area contributed by atoms with E-state index >= 15 is 0 Å². The summed E-state index contributed by atoms with van der Waals surface area (Å²) in [5, 5.41) is 2.94. The molecule has 3 rings (SSSR count). The lowest BCUT2D eigenvalue weighted by Gasteiger charge is -2.19. The highest BCUT2D eigenvalue weighted by Crippen LogP contribution is 2.33. The molecule has 1 fully saturated rings. The number of carbonyl (C=O) groups is 2. The van der Waals surface area contributed by atoms with E-state index < -0.39 is 0 Å². The van der Waals surface area contributed by atoms with Crippen molar-refractivity contribution in [1.29, 1.82) is 0 Å². The second kappa shape index (κ2) is 7.47. The molecule has 2 amide bonds. The maximum absolute atomic E-state index is 12.4. The van der Waals surface area contributed by atoms with Crippen LogP contribution < -0.4 is 19.7 Å². The smallest absolute Gasteiger partial charge is 0.251 e. The zero-order chi connectivity index (χ0) is 18.7. The number of nitrogens with one attached hydrogen (secondary N) is 1. The van der Waals surface area contributed by atoms with Crippen LogP contribution in [0.1, 0.15) is 22.3 Å². The fourth-order valence-corrected chi connectivity index (χ4v) is 3.02. The summed E-state index contributed by atoms with van der Waals surface area (Å²) in [7, 11) is 3.12. The molecule has 1 aliphatic heterocycles. The maximum atomic E-state index is 12.4. The van der Waals surface area contributed by atoms with Gasteiger partial charge >= 0.3 is 0 Å². The highest BCUT2D eigenvalue weighted by molar-refractivity contribution is 5.99. The SMILES string of the molecule is COc1ccc(N2CC(NC(=O)c3ccc(C)cc3)CC2=O)cc1OC. The van der Waals surface area contributed by atoms with Crippen LogP contribution in [0.5, 0.6) is 11.5 Å².